The highest BCUT2D eigenvalue weighted by molar-refractivity contribution is 7.13. The Hall–Kier alpha value is -3.72. The summed E-state index contributed by atoms with van der Waals surface area (Å²) in [6.07, 6.45) is 2.72. The molecule has 0 radical (unpaired) electrons. The van der Waals surface area contributed by atoms with Crippen molar-refractivity contribution in [1.29, 1.82) is 0 Å². The quantitative estimate of drug-likeness (QED) is 0.457. The molecule has 3 N–H and O–H groups in total. The van der Waals surface area contributed by atoms with Gasteiger partial charge < -0.3 is 20.5 Å². The second-order valence-corrected chi connectivity index (χ2v) is 9.93. The number of nitrogens with one attached hydrogen (secondary N) is 2. The number of thiazole rings is 1. The van der Waals surface area contributed by atoms with Crippen LogP contribution in [0.25, 0.3) is 11.1 Å². The minimum Gasteiger partial charge on any atom is -0.477 e. The van der Waals surface area contributed by atoms with E-state index in [1.54, 1.807) is 0 Å². The lowest BCUT2D eigenvalue weighted by atomic mass is 9.98. The van der Waals surface area contributed by atoms with Crippen LogP contribution in [0.5, 0.6) is 0 Å². The molecule has 1 heterocycles. The van der Waals surface area contributed by atoms with Crippen molar-refractivity contribution in [2.45, 2.75) is 37.8 Å². The topological polar surface area (TPSA) is 118 Å². The Bertz CT molecular complexity index is 1230. The second kappa shape index (κ2) is 9.87. The van der Waals surface area contributed by atoms with Crippen LogP contribution < -0.4 is 10.6 Å². The van der Waals surface area contributed by atoms with Crippen molar-refractivity contribution in [2.24, 2.45) is 5.92 Å². The number of aromatic nitrogens is 1. The van der Waals surface area contributed by atoms with Gasteiger partial charge in [0.25, 0.3) is 0 Å². The molecular formula is C26H25N3O5S. The van der Waals surface area contributed by atoms with Gasteiger partial charge in [-0.3, -0.25) is 4.79 Å². The number of alkyl carbamates (subject to hydrolysis) is 1. The molecule has 0 unspecified atom stereocenters. The van der Waals surface area contributed by atoms with Crippen LogP contribution in [0.1, 0.15) is 51.0 Å². The zero-order chi connectivity index (χ0) is 24.4. The number of rotatable bonds is 7. The Morgan fingerprint density at radius 3 is 2.37 bits per heavy atom. The van der Waals surface area contributed by atoms with E-state index in [0.29, 0.717) is 24.3 Å². The van der Waals surface area contributed by atoms with Gasteiger partial charge in [0, 0.05) is 17.9 Å². The van der Waals surface area contributed by atoms with Gasteiger partial charge in [0.1, 0.15) is 16.5 Å². The summed E-state index contributed by atoms with van der Waals surface area (Å²) in [6, 6.07) is 16.3. The van der Waals surface area contributed by atoms with E-state index < -0.39 is 12.1 Å². The van der Waals surface area contributed by atoms with E-state index in [1.165, 1.54) is 17.3 Å². The standard InChI is InChI=1S/C26H25N3O5S/c30-24(28-13-23-27-12-22(35-23)25(31)32)15-9-10-16(11-15)29-26(33)34-14-21-19-7-3-1-5-17(19)18-6-2-4-8-20(18)21/h1-8,12,15-16,21H,9-11,13-14H2,(H,28,30)(H,29,33)(H,31,32)/t15-,16+/m1/s1. The molecule has 2 amide bonds. The molecule has 0 aliphatic heterocycles. The molecule has 9 heteroatoms. The number of carboxylic acid groups (broad SMARTS) is 1. The largest absolute Gasteiger partial charge is 0.477 e. The lowest BCUT2D eigenvalue weighted by molar-refractivity contribution is -0.125. The third-order valence-corrected chi connectivity index (χ3v) is 7.63. The van der Waals surface area contributed by atoms with Gasteiger partial charge in [0.2, 0.25) is 5.91 Å². The predicted molar refractivity (Wildman–Crippen MR) is 130 cm³/mol. The molecule has 1 saturated carbocycles. The van der Waals surface area contributed by atoms with E-state index in [0.717, 1.165) is 22.5 Å². The SMILES string of the molecule is O=C(N[C@H]1CC[C@@H](C(=O)NCc2ncc(C(=O)O)s2)C1)OCC1c2ccccc2-c2ccccc21. The number of benzene rings is 2. The van der Waals surface area contributed by atoms with Crippen LogP contribution in [0.2, 0.25) is 0 Å². The number of amides is 2. The molecule has 5 rings (SSSR count). The minimum absolute atomic E-state index is 0.00255. The van der Waals surface area contributed by atoms with Crippen LogP contribution >= 0.6 is 11.3 Å². The molecule has 0 bridgehead atoms. The summed E-state index contributed by atoms with van der Waals surface area (Å²) in [5.74, 6) is -1.36. The van der Waals surface area contributed by atoms with Crippen molar-refractivity contribution in [3.05, 3.63) is 75.7 Å². The maximum absolute atomic E-state index is 12.5. The van der Waals surface area contributed by atoms with Crippen molar-refractivity contribution >= 4 is 29.3 Å². The van der Waals surface area contributed by atoms with E-state index in [4.69, 9.17) is 9.84 Å². The first-order valence-electron chi connectivity index (χ1n) is 11.6. The summed E-state index contributed by atoms with van der Waals surface area (Å²) in [7, 11) is 0. The number of hydrogen-bond acceptors (Lipinski definition) is 6. The first kappa shape index (κ1) is 23.0. The summed E-state index contributed by atoms with van der Waals surface area (Å²) in [5, 5.41) is 15.2. The van der Waals surface area contributed by atoms with Gasteiger partial charge in [-0.1, -0.05) is 48.5 Å². The van der Waals surface area contributed by atoms with E-state index in [1.807, 2.05) is 24.3 Å². The van der Waals surface area contributed by atoms with Gasteiger partial charge in [-0.05, 0) is 41.5 Å². The van der Waals surface area contributed by atoms with Crippen molar-refractivity contribution in [1.82, 2.24) is 15.6 Å². The number of hydrogen-bond donors (Lipinski definition) is 3. The Balaban J connectivity index is 1.10. The van der Waals surface area contributed by atoms with Crippen LogP contribution in [0, 0.1) is 5.92 Å². The Morgan fingerprint density at radius 1 is 1.03 bits per heavy atom. The molecule has 1 aromatic heterocycles. The zero-order valence-corrected chi connectivity index (χ0v) is 19.7. The number of carboxylic acids is 1. The van der Waals surface area contributed by atoms with Gasteiger partial charge in [-0.25, -0.2) is 14.6 Å². The van der Waals surface area contributed by atoms with Crippen LogP contribution in [-0.2, 0) is 16.1 Å². The number of aromatic carboxylic acids is 1. The van der Waals surface area contributed by atoms with Crippen molar-refractivity contribution in [3.8, 4) is 11.1 Å². The lowest BCUT2D eigenvalue weighted by Gasteiger charge is -2.17. The highest BCUT2D eigenvalue weighted by Gasteiger charge is 2.32. The van der Waals surface area contributed by atoms with Gasteiger partial charge in [-0.15, -0.1) is 11.3 Å². The van der Waals surface area contributed by atoms with Crippen molar-refractivity contribution in [2.75, 3.05) is 6.61 Å². The third-order valence-electron chi connectivity index (χ3n) is 6.65. The summed E-state index contributed by atoms with van der Waals surface area (Å²) in [5.41, 5.74) is 4.68. The molecule has 2 aromatic carbocycles. The predicted octanol–water partition coefficient (Wildman–Crippen LogP) is 4.16. The van der Waals surface area contributed by atoms with E-state index in [2.05, 4.69) is 39.9 Å². The van der Waals surface area contributed by atoms with Crippen LogP contribution in [0.15, 0.2) is 54.7 Å². The van der Waals surface area contributed by atoms with Gasteiger partial charge in [0.05, 0.1) is 12.7 Å². The average molecular weight is 492 g/mol. The number of nitrogens with zero attached hydrogens (tertiary/aromatic N) is 1. The highest BCUT2D eigenvalue weighted by Crippen LogP contribution is 2.44. The molecule has 180 valence electrons. The molecule has 2 aliphatic rings. The zero-order valence-electron chi connectivity index (χ0n) is 18.9. The number of carbonyl (C=O) groups is 3. The smallest absolute Gasteiger partial charge is 0.407 e. The van der Waals surface area contributed by atoms with Gasteiger partial charge in [-0.2, -0.15) is 0 Å². The van der Waals surface area contributed by atoms with Gasteiger partial charge >= 0.3 is 12.1 Å². The van der Waals surface area contributed by atoms with E-state index in [-0.39, 0.29) is 41.8 Å². The van der Waals surface area contributed by atoms with E-state index in [9.17, 15) is 14.4 Å². The molecule has 2 aliphatic carbocycles. The van der Waals surface area contributed by atoms with E-state index >= 15 is 0 Å². The third kappa shape index (κ3) is 4.90. The van der Waals surface area contributed by atoms with Crippen molar-refractivity contribution in [3.63, 3.8) is 0 Å². The van der Waals surface area contributed by atoms with Crippen LogP contribution in [0.4, 0.5) is 4.79 Å². The number of fused-ring (bicyclic) bond motifs is 3. The second-order valence-electron chi connectivity index (χ2n) is 8.82. The minimum atomic E-state index is -1.03. The number of carbonyl (C=O) groups excluding carboxylic acids is 2. The molecule has 1 fully saturated rings. The van der Waals surface area contributed by atoms with Gasteiger partial charge in [0.15, 0.2) is 0 Å². The fraction of sp³-hybridized carbons (Fsp3) is 0.308. The number of ether oxygens (including phenoxy) is 1. The van der Waals surface area contributed by atoms with Crippen LogP contribution in [-0.4, -0.2) is 40.7 Å². The van der Waals surface area contributed by atoms with Crippen molar-refractivity contribution < 1.29 is 24.2 Å². The van der Waals surface area contributed by atoms with Crippen LogP contribution in [0.3, 0.4) is 0 Å². The maximum atomic E-state index is 12.5. The molecular weight excluding hydrogens is 466 g/mol. The molecule has 8 nitrogen and oxygen atoms in total. The maximum Gasteiger partial charge on any atom is 0.407 e. The molecule has 0 saturated heterocycles. The summed E-state index contributed by atoms with van der Waals surface area (Å²) in [4.78, 5) is 40.2. The summed E-state index contributed by atoms with van der Waals surface area (Å²) >= 11 is 1.04. The Labute approximate surface area is 206 Å². The molecule has 0 spiro atoms. The normalized spacial score (nSPS) is 18.5. The molecule has 2 atom stereocenters. The summed E-state index contributed by atoms with van der Waals surface area (Å²) < 4.78 is 5.62. The first-order valence-corrected chi connectivity index (χ1v) is 12.4. The Morgan fingerprint density at radius 2 is 1.71 bits per heavy atom. The average Bonchev–Trinajstić information content (AvgIpc) is 3.59. The lowest BCUT2D eigenvalue weighted by Crippen LogP contribution is -2.35. The Kier molecular flexibility index (Phi) is 6.50. The fourth-order valence-electron chi connectivity index (χ4n) is 4.96. The molecule has 35 heavy (non-hydrogen) atoms. The monoisotopic (exact) mass is 491 g/mol. The molecule has 3 aromatic rings. The summed E-state index contributed by atoms with van der Waals surface area (Å²) in [6.45, 7) is 0.445. The highest BCUT2D eigenvalue weighted by atomic mass is 32.1. The first-order chi connectivity index (χ1) is 17.0. The fourth-order valence-corrected chi connectivity index (χ4v) is 5.65.